The lowest BCUT2D eigenvalue weighted by Gasteiger charge is -2.19. The van der Waals surface area contributed by atoms with Crippen LogP contribution in [0.25, 0.3) is 11.1 Å². The van der Waals surface area contributed by atoms with Crippen molar-refractivity contribution in [2.45, 2.75) is 12.5 Å². The van der Waals surface area contributed by atoms with Gasteiger partial charge >= 0.3 is 12.1 Å². The van der Waals surface area contributed by atoms with Crippen molar-refractivity contribution in [1.82, 2.24) is 14.7 Å². The molecule has 2 aliphatic carbocycles. The van der Waals surface area contributed by atoms with E-state index in [0.717, 1.165) is 22.3 Å². The molecule has 178 valence electrons. The minimum Gasteiger partial charge on any atom is -0.481 e. The molecular formula is C26H24N4O5. The van der Waals surface area contributed by atoms with E-state index in [1.54, 1.807) is 11.1 Å². The van der Waals surface area contributed by atoms with Crippen LogP contribution in [-0.4, -0.2) is 57.5 Å². The number of rotatable bonds is 6. The number of fused-ring (bicyclic) bond motifs is 4. The van der Waals surface area contributed by atoms with Crippen LogP contribution in [0.2, 0.25) is 0 Å². The zero-order valence-electron chi connectivity index (χ0n) is 18.8. The molecule has 1 unspecified atom stereocenters. The van der Waals surface area contributed by atoms with Crippen LogP contribution < -0.4 is 5.32 Å². The highest BCUT2D eigenvalue weighted by atomic mass is 16.5. The number of ether oxygens (including phenoxy) is 1. The lowest BCUT2D eigenvalue weighted by Crippen LogP contribution is -2.35. The number of carboxylic acids is 1. The molecule has 1 aliphatic heterocycles. The third kappa shape index (κ3) is 3.82. The third-order valence-corrected chi connectivity index (χ3v) is 7.35. The quantitative estimate of drug-likeness (QED) is 0.570. The summed E-state index contributed by atoms with van der Waals surface area (Å²) in [6.45, 7) is 1.20. The van der Waals surface area contributed by atoms with Crippen molar-refractivity contribution in [2.24, 2.45) is 17.8 Å². The van der Waals surface area contributed by atoms with Crippen molar-refractivity contribution in [3.63, 3.8) is 0 Å². The maximum atomic E-state index is 12.5. The summed E-state index contributed by atoms with van der Waals surface area (Å²) in [6.07, 6.45) is 2.46. The van der Waals surface area contributed by atoms with Gasteiger partial charge in [0.25, 0.3) is 0 Å². The number of likely N-dealkylation sites (tertiary alicyclic amines) is 1. The summed E-state index contributed by atoms with van der Waals surface area (Å²) in [5.41, 5.74) is 5.04. The molecule has 1 aromatic heterocycles. The Hall–Kier alpha value is -4.14. The Morgan fingerprint density at radius 1 is 1.00 bits per heavy atom. The summed E-state index contributed by atoms with van der Waals surface area (Å²) >= 11 is 0. The van der Waals surface area contributed by atoms with Gasteiger partial charge in [0.1, 0.15) is 13.2 Å². The van der Waals surface area contributed by atoms with Crippen LogP contribution in [-0.2, 0) is 20.9 Å². The number of anilines is 1. The number of amides is 2. The van der Waals surface area contributed by atoms with Crippen LogP contribution in [0.5, 0.6) is 0 Å². The molecule has 1 saturated heterocycles. The number of aliphatic carboxylic acids is 1. The van der Waals surface area contributed by atoms with Gasteiger partial charge in [-0.25, -0.2) is 4.79 Å². The molecule has 2 N–H and O–H groups in total. The number of nitrogens with one attached hydrogen (secondary N) is 1. The fourth-order valence-corrected chi connectivity index (χ4v) is 5.60. The van der Waals surface area contributed by atoms with Gasteiger partial charge in [-0.1, -0.05) is 48.5 Å². The largest absolute Gasteiger partial charge is 0.481 e. The highest BCUT2D eigenvalue weighted by Gasteiger charge is 2.60. The first-order valence-corrected chi connectivity index (χ1v) is 11.6. The molecule has 1 saturated carbocycles. The standard InChI is InChI=1S/C26H24N4O5/c31-23(29-11-20-21(12-29)24(20)25(32)33)13-30-10-15(9-27-30)28-26(34)35-14-22-18-7-3-1-5-16(18)17-6-2-4-8-19(17)22/h1-10,20-22,24H,11-14H2,(H,28,34)(H,32,33)/t20-,21+,24?. The van der Waals surface area contributed by atoms with Crippen molar-refractivity contribution in [3.8, 4) is 11.1 Å². The monoisotopic (exact) mass is 472 g/mol. The summed E-state index contributed by atoms with van der Waals surface area (Å²) in [4.78, 5) is 37.8. The van der Waals surface area contributed by atoms with Crippen LogP contribution in [0.1, 0.15) is 17.0 Å². The minimum absolute atomic E-state index is 0.0270. The summed E-state index contributed by atoms with van der Waals surface area (Å²) in [5, 5.41) is 15.9. The normalized spacial score (nSPS) is 21.7. The van der Waals surface area contributed by atoms with Crippen molar-refractivity contribution in [1.29, 1.82) is 0 Å². The maximum Gasteiger partial charge on any atom is 0.411 e. The van der Waals surface area contributed by atoms with Gasteiger partial charge in [-0.15, -0.1) is 0 Å². The summed E-state index contributed by atoms with van der Waals surface area (Å²) < 4.78 is 7.01. The van der Waals surface area contributed by atoms with E-state index in [0.29, 0.717) is 18.8 Å². The average Bonchev–Trinajstić information content (AvgIpc) is 3.17. The topological polar surface area (TPSA) is 114 Å². The maximum absolute atomic E-state index is 12.5. The molecule has 9 heteroatoms. The minimum atomic E-state index is -0.775. The van der Waals surface area contributed by atoms with Crippen LogP contribution in [0.15, 0.2) is 60.9 Å². The Labute approximate surface area is 201 Å². The molecule has 2 heterocycles. The predicted molar refractivity (Wildman–Crippen MR) is 126 cm³/mol. The first-order chi connectivity index (χ1) is 17.0. The second-order valence-corrected chi connectivity index (χ2v) is 9.37. The molecule has 6 rings (SSSR count). The Kier molecular flexibility index (Phi) is 5.05. The molecule has 0 bridgehead atoms. The zero-order valence-corrected chi connectivity index (χ0v) is 18.8. The van der Waals surface area contributed by atoms with Gasteiger partial charge in [0.05, 0.1) is 17.8 Å². The number of carbonyl (C=O) groups excluding carboxylic acids is 2. The van der Waals surface area contributed by atoms with Crippen molar-refractivity contribution in [2.75, 3.05) is 25.0 Å². The Morgan fingerprint density at radius 2 is 1.63 bits per heavy atom. The first kappa shape index (κ1) is 21.4. The fourth-order valence-electron chi connectivity index (χ4n) is 5.60. The van der Waals surface area contributed by atoms with Crippen LogP contribution in [0.4, 0.5) is 10.5 Å². The molecule has 3 aromatic rings. The molecular weight excluding hydrogens is 448 g/mol. The molecule has 9 nitrogen and oxygen atoms in total. The van der Waals surface area contributed by atoms with Gasteiger partial charge < -0.3 is 14.7 Å². The van der Waals surface area contributed by atoms with Gasteiger partial charge in [-0.2, -0.15) is 5.10 Å². The van der Waals surface area contributed by atoms with E-state index < -0.39 is 12.1 Å². The molecule has 2 fully saturated rings. The number of hydrogen-bond acceptors (Lipinski definition) is 5. The first-order valence-electron chi connectivity index (χ1n) is 11.6. The van der Waals surface area contributed by atoms with Gasteiger partial charge in [0.2, 0.25) is 5.91 Å². The van der Waals surface area contributed by atoms with E-state index in [1.165, 1.54) is 10.9 Å². The fraction of sp³-hybridized carbons (Fsp3) is 0.308. The van der Waals surface area contributed by atoms with E-state index in [1.807, 2.05) is 24.3 Å². The van der Waals surface area contributed by atoms with Gasteiger partial charge in [0.15, 0.2) is 0 Å². The van der Waals surface area contributed by atoms with Crippen molar-refractivity contribution in [3.05, 3.63) is 72.1 Å². The highest BCUT2D eigenvalue weighted by molar-refractivity contribution is 5.85. The average molecular weight is 473 g/mol. The lowest BCUT2D eigenvalue weighted by atomic mass is 9.98. The zero-order chi connectivity index (χ0) is 24.1. The van der Waals surface area contributed by atoms with Gasteiger partial charge in [-0.3, -0.25) is 19.6 Å². The molecule has 3 aliphatic rings. The van der Waals surface area contributed by atoms with Crippen molar-refractivity contribution >= 4 is 23.7 Å². The Bertz CT molecular complexity index is 1280. The number of carbonyl (C=O) groups is 3. The smallest absolute Gasteiger partial charge is 0.411 e. The van der Waals surface area contributed by atoms with E-state index in [4.69, 9.17) is 9.84 Å². The number of carboxylic acid groups (broad SMARTS) is 1. The molecule has 35 heavy (non-hydrogen) atoms. The van der Waals surface area contributed by atoms with Gasteiger partial charge in [-0.05, 0) is 34.1 Å². The van der Waals surface area contributed by atoms with E-state index in [9.17, 15) is 14.4 Å². The summed E-state index contributed by atoms with van der Waals surface area (Å²) in [7, 11) is 0. The number of benzene rings is 2. The highest BCUT2D eigenvalue weighted by Crippen LogP contribution is 2.51. The Morgan fingerprint density at radius 3 is 2.26 bits per heavy atom. The van der Waals surface area contributed by atoms with E-state index in [2.05, 4.69) is 34.7 Å². The molecule has 0 radical (unpaired) electrons. The Balaban J connectivity index is 1.02. The lowest BCUT2D eigenvalue weighted by molar-refractivity contribution is -0.141. The number of aromatic nitrogens is 2. The molecule has 2 amide bonds. The number of piperidine rings is 1. The molecule has 3 atom stereocenters. The van der Waals surface area contributed by atoms with E-state index in [-0.39, 0.29) is 42.7 Å². The predicted octanol–water partition coefficient (Wildman–Crippen LogP) is 3.03. The third-order valence-electron chi connectivity index (χ3n) is 7.35. The molecule has 2 aromatic carbocycles. The van der Waals surface area contributed by atoms with Crippen LogP contribution in [0.3, 0.4) is 0 Å². The second kappa shape index (κ2) is 8.26. The summed E-state index contributed by atoms with van der Waals surface area (Å²) in [5.74, 6) is -1.09. The van der Waals surface area contributed by atoms with Crippen molar-refractivity contribution < 1.29 is 24.2 Å². The number of hydrogen-bond donors (Lipinski definition) is 2. The number of nitrogens with zero attached hydrogens (tertiary/aromatic N) is 3. The van der Waals surface area contributed by atoms with E-state index >= 15 is 0 Å². The van der Waals surface area contributed by atoms with Gasteiger partial charge in [0, 0.05) is 25.2 Å². The molecule has 0 spiro atoms. The summed E-state index contributed by atoms with van der Waals surface area (Å²) in [6, 6.07) is 16.3. The SMILES string of the molecule is O=C(Nc1cnn(CC(=O)N2C[C@@H]3C(C(=O)O)[C@@H]3C2)c1)OCC1c2ccccc2-c2ccccc21. The van der Waals surface area contributed by atoms with Crippen LogP contribution >= 0.6 is 0 Å². The second-order valence-electron chi connectivity index (χ2n) is 9.37. The van der Waals surface area contributed by atoms with Crippen LogP contribution in [0, 0.1) is 17.8 Å².